The fourth-order valence-electron chi connectivity index (χ4n) is 1.61. The molecule has 0 saturated carbocycles. The molecule has 0 aliphatic heterocycles. The van der Waals surface area contributed by atoms with Crippen LogP contribution in [-0.4, -0.2) is 21.5 Å². The largest absolute Gasteiger partial charge is 0.316 e. The first-order valence-electron chi connectivity index (χ1n) is 5.66. The lowest BCUT2D eigenvalue weighted by molar-refractivity contribution is -0.129. The van der Waals surface area contributed by atoms with Crippen molar-refractivity contribution in [1.29, 1.82) is 0 Å². The summed E-state index contributed by atoms with van der Waals surface area (Å²) in [5, 5.41) is 9.10. The molecule has 4 nitrogen and oxygen atoms in total. The number of aryl methyl sites for hydroxylation is 1. The van der Waals surface area contributed by atoms with Gasteiger partial charge in [-0.2, -0.15) is 5.48 Å². The number of rotatable bonds is 6. The Hall–Kier alpha value is -1.26. The fraction of sp³-hybridized carbons (Fsp3) is 0.462. The van der Waals surface area contributed by atoms with Gasteiger partial charge < -0.3 is 5.21 Å². The number of Topliss-reactive ketones (excluding diaryl/α,β-unsaturated/α-hetero) is 1. The maximum Gasteiger partial charge on any atom is 0.152 e. The summed E-state index contributed by atoms with van der Waals surface area (Å²) in [5.74, 6) is -0.340. The van der Waals surface area contributed by atoms with E-state index in [0.717, 1.165) is 12.1 Å². The van der Waals surface area contributed by atoms with E-state index in [0.29, 0.717) is 6.42 Å². The Morgan fingerprint density at radius 1 is 1.65 bits per heavy atom. The molecule has 1 radical (unpaired) electrons. The zero-order chi connectivity index (χ0) is 12.9. The van der Waals surface area contributed by atoms with Crippen LogP contribution in [0.25, 0.3) is 0 Å². The van der Waals surface area contributed by atoms with Gasteiger partial charge >= 0.3 is 0 Å². The highest BCUT2D eigenvalue weighted by Crippen LogP contribution is 2.22. The van der Waals surface area contributed by atoms with E-state index in [1.54, 1.807) is 13.1 Å². The normalized spacial score (nSPS) is 16.2. The van der Waals surface area contributed by atoms with E-state index in [2.05, 4.69) is 17.4 Å². The summed E-state index contributed by atoms with van der Waals surface area (Å²) in [6, 6.07) is 5.72. The van der Waals surface area contributed by atoms with Gasteiger partial charge in [0.1, 0.15) is 5.54 Å². The van der Waals surface area contributed by atoms with E-state index < -0.39 is 5.54 Å². The molecule has 2 atom stereocenters. The molecular formula is C13H19N2O2. The molecule has 4 heteroatoms. The number of hydroxylamine groups is 1. The lowest BCUT2D eigenvalue weighted by Gasteiger charge is -2.31. The lowest BCUT2D eigenvalue weighted by Crippen LogP contribution is -2.52. The first-order valence-corrected chi connectivity index (χ1v) is 5.66. The SMILES string of the molecule is [CH2]C(CCc1ccccn1)C(C)(NO)C(C)=O. The highest BCUT2D eigenvalue weighted by molar-refractivity contribution is 5.85. The molecule has 2 unspecified atom stereocenters. The van der Waals surface area contributed by atoms with E-state index in [4.69, 9.17) is 5.21 Å². The van der Waals surface area contributed by atoms with Crippen molar-refractivity contribution in [2.45, 2.75) is 32.2 Å². The first kappa shape index (κ1) is 13.8. The quantitative estimate of drug-likeness (QED) is 0.738. The summed E-state index contributed by atoms with van der Waals surface area (Å²) in [5.41, 5.74) is 2.05. The summed E-state index contributed by atoms with van der Waals surface area (Å²) >= 11 is 0. The van der Waals surface area contributed by atoms with Crippen molar-refractivity contribution in [3.63, 3.8) is 0 Å². The number of ketones is 1. The van der Waals surface area contributed by atoms with Gasteiger partial charge in [-0.3, -0.25) is 9.78 Å². The molecule has 0 aliphatic rings. The smallest absolute Gasteiger partial charge is 0.152 e. The van der Waals surface area contributed by atoms with Crippen LogP contribution < -0.4 is 5.48 Å². The highest BCUT2D eigenvalue weighted by atomic mass is 16.5. The number of carbonyl (C=O) groups excluding carboxylic acids is 1. The van der Waals surface area contributed by atoms with E-state index in [1.807, 2.05) is 18.2 Å². The van der Waals surface area contributed by atoms with Crippen LogP contribution >= 0.6 is 0 Å². The average Bonchev–Trinajstić information content (AvgIpc) is 2.35. The van der Waals surface area contributed by atoms with E-state index in [1.165, 1.54) is 6.92 Å². The van der Waals surface area contributed by atoms with Crippen LogP contribution in [-0.2, 0) is 11.2 Å². The second-order valence-electron chi connectivity index (χ2n) is 4.43. The Morgan fingerprint density at radius 3 is 2.82 bits per heavy atom. The van der Waals surface area contributed by atoms with Crippen molar-refractivity contribution in [2.75, 3.05) is 0 Å². The predicted molar refractivity (Wildman–Crippen MR) is 65.4 cm³/mol. The third kappa shape index (κ3) is 3.35. The van der Waals surface area contributed by atoms with E-state index in [-0.39, 0.29) is 11.7 Å². The molecule has 1 heterocycles. The molecule has 2 N–H and O–H groups in total. The molecule has 0 aromatic carbocycles. The number of nitrogens with zero attached hydrogens (tertiary/aromatic N) is 1. The van der Waals surface area contributed by atoms with Gasteiger partial charge in [-0.25, -0.2) is 0 Å². The molecule has 0 spiro atoms. The Balaban J connectivity index is 2.60. The maximum absolute atomic E-state index is 11.5. The van der Waals surface area contributed by atoms with Gasteiger partial charge in [0.25, 0.3) is 0 Å². The Kier molecular flexibility index (Phi) is 4.78. The molecule has 93 valence electrons. The molecule has 0 aliphatic carbocycles. The molecular weight excluding hydrogens is 216 g/mol. The molecule has 0 fully saturated rings. The van der Waals surface area contributed by atoms with Crippen molar-refractivity contribution < 1.29 is 10.0 Å². The van der Waals surface area contributed by atoms with Crippen LogP contribution in [0.1, 0.15) is 26.0 Å². The minimum Gasteiger partial charge on any atom is -0.316 e. The minimum absolute atomic E-state index is 0.124. The van der Waals surface area contributed by atoms with Gasteiger partial charge in [-0.05, 0) is 51.7 Å². The minimum atomic E-state index is -0.991. The number of hydrogen-bond donors (Lipinski definition) is 2. The molecule has 17 heavy (non-hydrogen) atoms. The van der Waals surface area contributed by atoms with Crippen LogP contribution in [0.3, 0.4) is 0 Å². The molecule has 0 bridgehead atoms. The summed E-state index contributed by atoms with van der Waals surface area (Å²) in [6.45, 7) is 7.05. The van der Waals surface area contributed by atoms with Crippen LogP contribution in [0, 0.1) is 12.8 Å². The van der Waals surface area contributed by atoms with Crippen LogP contribution in [0.15, 0.2) is 24.4 Å². The van der Waals surface area contributed by atoms with Crippen LogP contribution in [0.4, 0.5) is 0 Å². The predicted octanol–water partition coefficient (Wildman–Crippen LogP) is 1.79. The second-order valence-corrected chi connectivity index (χ2v) is 4.43. The fourth-order valence-corrected chi connectivity index (χ4v) is 1.61. The monoisotopic (exact) mass is 235 g/mol. The summed E-state index contributed by atoms with van der Waals surface area (Å²) in [7, 11) is 0. The Bertz CT molecular complexity index is 367. The molecule has 1 aromatic heterocycles. The van der Waals surface area contributed by atoms with Crippen LogP contribution in [0.5, 0.6) is 0 Å². The number of hydrogen-bond acceptors (Lipinski definition) is 4. The van der Waals surface area contributed by atoms with Gasteiger partial charge in [0.05, 0.1) is 0 Å². The highest BCUT2D eigenvalue weighted by Gasteiger charge is 2.35. The number of nitrogens with one attached hydrogen (secondary N) is 1. The third-order valence-corrected chi connectivity index (χ3v) is 3.26. The second kappa shape index (κ2) is 5.89. The zero-order valence-corrected chi connectivity index (χ0v) is 10.3. The maximum atomic E-state index is 11.5. The Labute approximate surface area is 102 Å². The van der Waals surface area contributed by atoms with E-state index >= 15 is 0 Å². The number of carbonyl (C=O) groups is 1. The number of aromatic nitrogens is 1. The summed E-state index contributed by atoms with van der Waals surface area (Å²) in [4.78, 5) is 15.7. The average molecular weight is 235 g/mol. The molecule has 0 amide bonds. The van der Waals surface area contributed by atoms with Crippen molar-refractivity contribution in [1.82, 2.24) is 10.5 Å². The Morgan fingerprint density at radius 2 is 2.35 bits per heavy atom. The van der Waals surface area contributed by atoms with E-state index in [9.17, 15) is 4.79 Å². The van der Waals surface area contributed by atoms with Gasteiger partial charge in [-0.1, -0.05) is 6.07 Å². The standard InChI is InChI=1S/C13H19N2O2/c1-10(13(3,15-17)11(2)16)7-8-12-6-4-5-9-14-12/h4-6,9-10,15,17H,1,7-8H2,2-3H3. The van der Waals surface area contributed by atoms with Gasteiger partial charge in [-0.15, -0.1) is 0 Å². The first-order chi connectivity index (χ1) is 8.00. The summed E-state index contributed by atoms with van der Waals surface area (Å²) in [6.07, 6.45) is 3.15. The van der Waals surface area contributed by atoms with Crippen molar-refractivity contribution in [2.24, 2.45) is 5.92 Å². The molecule has 0 saturated heterocycles. The number of pyridine rings is 1. The van der Waals surface area contributed by atoms with Gasteiger partial charge in [0.15, 0.2) is 5.78 Å². The van der Waals surface area contributed by atoms with Crippen molar-refractivity contribution in [3.8, 4) is 0 Å². The van der Waals surface area contributed by atoms with Gasteiger partial charge in [0.2, 0.25) is 0 Å². The zero-order valence-electron chi connectivity index (χ0n) is 10.3. The third-order valence-electron chi connectivity index (χ3n) is 3.26. The van der Waals surface area contributed by atoms with Crippen LogP contribution in [0.2, 0.25) is 0 Å². The van der Waals surface area contributed by atoms with Crippen molar-refractivity contribution in [3.05, 3.63) is 37.0 Å². The topological polar surface area (TPSA) is 62.2 Å². The summed E-state index contributed by atoms with van der Waals surface area (Å²) < 4.78 is 0. The molecule has 1 aromatic rings. The molecule has 1 rings (SSSR count). The van der Waals surface area contributed by atoms with Crippen molar-refractivity contribution >= 4 is 5.78 Å². The van der Waals surface area contributed by atoms with Gasteiger partial charge in [0, 0.05) is 11.9 Å². The lowest BCUT2D eigenvalue weighted by atomic mass is 9.81.